The summed E-state index contributed by atoms with van der Waals surface area (Å²) >= 11 is 0. The van der Waals surface area contributed by atoms with Gasteiger partial charge < -0.3 is 10.5 Å². The molecule has 0 spiro atoms. The van der Waals surface area contributed by atoms with E-state index in [2.05, 4.69) is 10.2 Å². The largest absolute Gasteiger partial charge is 0.496 e. The molecule has 0 atom stereocenters. The maximum atomic E-state index is 13.9. The molecular formula is C12H14FN3O. The first-order chi connectivity index (χ1) is 8.17. The number of halogens is 1. The summed E-state index contributed by atoms with van der Waals surface area (Å²) in [7, 11) is 1.52. The predicted molar refractivity (Wildman–Crippen MR) is 64.3 cm³/mol. The Balaban J connectivity index is 2.58. The molecule has 0 aliphatic carbocycles. The second-order valence-corrected chi connectivity index (χ2v) is 3.69. The van der Waals surface area contributed by atoms with Gasteiger partial charge in [-0.15, -0.1) is 0 Å². The molecule has 0 amide bonds. The van der Waals surface area contributed by atoms with Gasteiger partial charge in [-0.05, 0) is 24.1 Å². The number of aromatic amines is 1. The number of hydrogen-bond acceptors (Lipinski definition) is 3. The molecular weight excluding hydrogens is 221 g/mol. The van der Waals surface area contributed by atoms with Crippen molar-refractivity contribution in [1.29, 1.82) is 0 Å². The summed E-state index contributed by atoms with van der Waals surface area (Å²) in [6.07, 6.45) is 2.14. The number of hydrogen-bond donors (Lipinski definition) is 2. The molecule has 2 rings (SSSR count). The van der Waals surface area contributed by atoms with Crippen LogP contribution in [0.4, 0.5) is 10.2 Å². The van der Waals surface area contributed by atoms with Crippen LogP contribution in [0.1, 0.15) is 12.5 Å². The van der Waals surface area contributed by atoms with E-state index < -0.39 is 0 Å². The normalized spacial score (nSPS) is 10.5. The molecule has 1 aromatic carbocycles. The summed E-state index contributed by atoms with van der Waals surface area (Å²) in [6.45, 7) is 1.88. The number of rotatable bonds is 3. The van der Waals surface area contributed by atoms with Crippen LogP contribution in [-0.4, -0.2) is 17.3 Å². The van der Waals surface area contributed by atoms with Crippen molar-refractivity contribution >= 4 is 5.82 Å². The highest BCUT2D eigenvalue weighted by Crippen LogP contribution is 2.31. The number of nitrogen functional groups attached to an aromatic ring is 1. The van der Waals surface area contributed by atoms with Crippen molar-refractivity contribution in [2.75, 3.05) is 12.8 Å². The average molecular weight is 235 g/mol. The van der Waals surface area contributed by atoms with Gasteiger partial charge >= 0.3 is 0 Å². The van der Waals surface area contributed by atoms with E-state index >= 15 is 0 Å². The predicted octanol–water partition coefficient (Wildman–Crippen LogP) is 2.37. The molecule has 0 aliphatic heterocycles. The Labute approximate surface area is 98.6 Å². The quantitative estimate of drug-likeness (QED) is 0.858. The maximum Gasteiger partial charge on any atom is 0.130 e. The lowest BCUT2D eigenvalue weighted by atomic mass is 10.0. The lowest BCUT2D eigenvalue weighted by Gasteiger charge is -2.10. The number of methoxy groups -OCH3 is 1. The van der Waals surface area contributed by atoms with Gasteiger partial charge in [0.25, 0.3) is 0 Å². The molecule has 0 saturated heterocycles. The lowest BCUT2D eigenvalue weighted by Crippen LogP contribution is -1.96. The van der Waals surface area contributed by atoms with Gasteiger partial charge in [-0.1, -0.05) is 6.92 Å². The Morgan fingerprint density at radius 1 is 1.47 bits per heavy atom. The maximum absolute atomic E-state index is 13.9. The molecule has 0 fully saturated rings. The first-order valence-corrected chi connectivity index (χ1v) is 5.33. The third kappa shape index (κ3) is 1.95. The van der Waals surface area contributed by atoms with E-state index in [-0.39, 0.29) is 5.82 Å². The molecule has 90 valence electrons. The third-order valence-electron chi connectivity index (χ3n) is 2.71. The zero-order chi connectivity index (χ0) is 12.4. The molecule has 0 unspecified atom stereocenters. The Morgan fingerprint density at radius 3 is 2.76 bits per heavy atom. The Hall–Kier alpha value is -2.04. The number of aromatic nitrogens is 2. The molecule has 1 heterocycles. The summed E-state index contributed by atoms with van der Waals surface area (Å²) < 4.78 is 19.1. The fourth-order valence-corrected chi connectivity index (χ4v) is 1.82. The SMILES string of the molecule is CCc1c(F)cc(-c2cn[nH]c2N)cc1OC. The van der Waals surface area contributed by atoms with E-state index in [0.29, 0.717) is 34.7 Å². The monoisotopic (exact) mass is 235 g/mol. The molecule has 2 aromatic rings. The number of benzene rings is 1. The van der Waals surface area contributed by atoms with Crippen LogP contribution in [0.25, 0.3) is 11.1 Å². The van der Waals surface area contributed by atoms with Crippen LogP contribution in [-0.2, 0) is 6.42 Å². The average Bonchev–Trinajstić information content (AvgIpc) is 2.74. The summed E-state index contributed by atoms with van der Waals surface area (Å²) in [4.78, 5) is 0. The Bertz CT molecular complexity index is 537. The molecule has 0 radical (unpaired) electrons. The summed E-state index contributed by atoms with van der Waals surface area (Å²) in [6, 6.07) is 3.21. The molecule has 4 nitrogen and oxygen atoms in total. The molecule has 0 bridgehead atoms. The Kier molecular flexibility index (Phi) is 2.99. The summed E-state index contributed by atoms with van der Waals surface area (Å²) in [5.74, 6) is 0.654. The van der Waals surface area contributed by atoms with Crippen LogP contribution in [0.3, 0.4) is 0 Å². The van der Waals surface area contributed by atoms with E-state index in [0.717, 1.165) is 0 Å². The van der Waals surface area contributed by atoms with E-state index in [1.54, 1.807) is 12.3 Å². The zero-order valence-electron chi connectivity index (χ0n) is 9.75. The van der Waals surface area contributed by atoms with E-state index in [9.17, 15) is 4.39 Å². The third-order valence-corrected chi connectivity index (χ3v) is 2.71. The van der Waals surface area contributed by atoms with Crippen LogP contribution in [0.5, 0.6) is 5.75 Å². The highest BCUT2D eigenvalue weighted by Gasteiger charge is 2.13. The van der Waals surface area contributed by atoms with Crippen molar-refractivity contribution in [2.45, 2.75) is 13.3 Å². The van der Waals surface area contributed by atoms with Gasteiger partial charge in [-0.25, -0.2) is 4.39 Å². The fourth-order valence-electron chi connectivity index (χ4n) is 1.82. The van der Waals surface area contributed by atoms with Crippen molar-refractivity contribution in [3.63, 3.8) is 0 Å². The zero-order valence-corrected chi connectivity index (χ0v) is 9.75. The Morgan fingerprint density at radius 2 is 2.24 bits per heavy atom. The van der Waals surface area contributed by atoms with Gasteiger partial charge in [0.1, 0.15) is 17.4 Å². The molecule has 5 heteroatoms. The minimum absolute atomic E-state index is 0.289. The van der Waals surface area contributed by atoms with Gasteiger partial charge in [0.15, 0.2) is 0 Å². The van der Waals surface area contributed by atoms with Gasteiger partial charge in [0, 0.05) is 11.1 Å². The van der Waals surface area contributed by atoms with Crippen molar-refractivity contribution in [2.24, 2.45) is 0 Å². The second-order valence-electron chi connectivity index (χ2n) is 3.69. The molecule has 0 saturated carbocycles. The number of nitrogens with two attached hydrogens (primary N) is 1. The van der Waals surface area contributed by atoms with Crippen LogP contribution in [0.15, 0.2) is 18.3 Å². The molecule has 1 aromatic heterocycles. The van der Waals surface area contributed by atoms with Gasteiger partial charge in [-0.3, -0.25) is 5.10 Å². The minimum atomic E-state index is -0.289. The molecule has 0 aliphatic rings. The van der Waals surface area contributed by atoms with Crippen molar-refractivity contribution < 1.29 is 9.13 Å². The number of ether oxygens (including phenoxy) is 1. The molecule has 3 N–H and O–H groups in total. The van der Waals surface area contributed by atoms with E-state index in [1.807, 2.05) is 6.92 Å². The summed E-state index contributed by atoms with van der Waals surface area (Å²) in [5.41, 5.74) is 7.60. The van der Waals surface area contributed by atoms with Crippen LogP contribution in [0, 0.1) is 5.82 Å². The highest BCUT2D eigenvalue weighted by molar-refractivity contribution is 5.74. The van der Waals surface area contributed by atoms with E-state index in [1.165, 1.54) is 13.2 Å². The molecule has 17 heavy (non-hydrogen) atoms. The van der Waals surface area contributed by atoms with Crippen molar-refractivity contribution in [1.82, 2.24) is 10.2 Å². The van der Waals surface area contributed by atoms with Crippen LogP contribution in [0.2, 0.25) is 0 Å². The second kappa shape index (κ2) is 4.45. The number of anilines is 1. The lowest BCUT2D eigenvalue weighted by molar-refractivity contribution is 0.405. The van der Waals surface area contributed by atoms with Gasteiger partial charge in [0.2, 0.25) is 0 Å². The van der Waals surface area contributed by atoms with Crippen molar-refractivity contribution in [3.8, 4) is 16.9 Å². The number of nitrogens with zero attached hydrogens (tertiary/aromatic N) is 1. The van der Waals surface area contributed by atoms with Crippen LogP contribution < -0.4 is 10.5 Å². The highest BCUT2D eigenvalue weighted by atomic mass is 19.1. The van der Waals surface area contributed by atoms with E-state index in [4.69, 9.17) is 10.5 Å². The fraction of sp³-hybridized carbons (Fsp3) is 0.250. The van der Waals surface area contributed by atoms with Crippen LogP contribution >= 0.6 is 0 Å². The smallest absolute Gasteiger partial charge is 0.130 e. The first-order valence-electron chi connectivity index (χ1n) is 5.33. The van der Waals surface area contributed by atoms with Gasteiger partial charge in [-0.2, -0.15) is 5.10 Å². The minimum Gasteiger partial charge on any atom is -0.496 e. The summed E-state index contributed by atoms with van der Waals surface area (Å²) in [5, 5.41) is 6.43. The number of nitrogens with one attached hydrogen (secondary N) is 1. The first kappa shape index (κ1) is 11.4. The number of H-pyrrole nitrogens is 1. The van der Waals surface area contributed by atoms with Gasteiger partial charge in [0.05, 0.1) is 13.3 Å². The topological polar surface area (TPSA) is 63.9 Å². The van der Waals surface area contributed by atoms with Crippen molar-refractivity contribution in [3.05, 3.63) is 29.7 Å². The standard InChI is InChI=1S/C12H14FN3O/c1-3-8-10(13)4-7(5-11(8)17-2)9-6-15-16-12(9)14/h4-6H,3H2,1-2H3,(H3,14,15,16).